The number of ether oxygens (including phenoxy) is 1. The van der Waals surface area contributed by atoms with Crippen LogP contribution in [0.3, 0.4) is 0 Å². The van der Waals surface area contributed by atoms with Crippen molar-refractivity contribution in [2.75, 3.05) is 6.61 Å². The highest BCUT2D eigenvalue weighted by Crippen LogP contribution is 2.31. The first-order valence-corrected chi connectivity index (χ1v) is 7.03. The molecule has 1 aliphatic rings. The van der Waals surface area contributed by atoms with Gasteiger partial charge < -0.3 is 4.74 Å². The van der Waals surface area contributed by atoms with Gasteiger partial charge in [0.1, 0.15) is 5.75 Å². The van der Waals surface area contributed by atoms with Crippen molar-refractivity contribution < 1.29 is 9.53 Å². The van der Waals surface area contributed by atoms with Crippen LogP contribution < -0.4 is 4.74 Å². The smallest absolute Gasteiger partial charge is 0.197 e. The Balaban J connectivity index is 2.07. The van der Waals surface area contributed by atoms with E-state index in [4.69, 9.17) is 4.74 Å². The lowest BCUT2D eigenvalue weighted by molar-refractivity contribution is 0.103. The lowest BCUT2D eigenvalue weighted by Crippen LogP contribution is -2.14. The molecule has 2 heterocycles. The fourth-order valence-corrected chi connectivity index (χ4v) is 2.64. The summed E-state index contributed by atoms with van der Waals surface area (Å²) in [4.78, 5) is 16.9. The predicted octanol–water partition coefficient (Wildman–Crippen LogP) is 3.20. The Kier molecular flexibility index (Phi) is 3.50. The summed E-state index contributed by atoms with van der Waals surface area (Å²) in [5, 5.41) is 0. The molecule has 102 valence electrons. The minimum atomic E-state index is 0.0306. The molecule has 2 aromatic rings. The molecule has 1 aliphatic heterocycles. The Morgan fingerprint density at radius 1 is 1.30 bits per heavy atom. The van der Waals surface area contributed by atoms with E-state index < -0.39 is 0 Å². The van der Waals surface area contributed by atoms with Gasteiger partial charge in [-0.2, -0.15) is 0 Å². The van der Waals surface area contributed by atoms with E-state index >= 15 is 0 Å². The van der Waals surface area contributed by atoms with E-state index in [1.807, 2.05) is 25.1 Å². The molecule has 0 N–H and O–H groups in total. The predicted molar refractivity (Wildman–Crippen MR) is 77.3 cm³/mol. The summed E-state index contributed by atoms with van der Waals surface area (Å²) in [6.45, 7) is 2.72. The van der Waals surface area contributed by atoms with Crippen molar-refractivity contribution in [2.45, 2.75) is 26.2 Å². The van der Waals surface area contributed by atoms with Gasteiger partial charge in [-0.25, -0.2) is 0 Å². The third-order valence-corrected chi connectivity index (χ3v) is 3.71. The molecule has 3 rings (SSSR count). The normalized spacial score (nSPS) is 13.4. The zero-order chi connectivity index (χ0) is 13.9. The molecule has 3 heteroatoms. The van der Waals surface area contributed by atoms with E-state index in [2.05, 4.69) is 4.98 Å². The number of pyridine rings is 1. The second kappa shape index (κ2) is 5.45. The van der Waals surface area contributed by atoms with Crippen LogP contribution in [0.15, 0.2) is 36.7 Å². The van der Waals surface area contributed by atoms with Gasteiger partial charge in [-0.1, -0.05) is 19.1 Å². The maximum atomic E-state index is 12.8. The Hall–Kier alpha value is -2.16. The standard InChI is InChI=1S/C17H17NO2/c1-2-12-11-18-9-8-14(12)16(19)15-7-3-5-13-6-4-10-20-17(13)15/h3,5,7-9,11H,2,4,6,10H2,1H3. The molecule has 0 fully saturated rings. The molecule has 0 unspecified atom stereocenters. The van der Waals surface area contributed by atoms with Gasteiger partial charge in [0, 0.05) is 18.0 Å². The molecule has 0 amide bonds. The monoisotopic (exact) mass is 267 g/mol. The van der Waals surface area contributed by atoms with Crippen molar-refractivity contribution in [3.05, 3.63) is 58.9 Å². The first-order valence-electron chi connectivity index (χ1n) is 7.03. The third-order valence-electron chi connectivity index (χ3n) is 3.71. The van der Waals surface area contributed by atoms with Crippen LogP contribution in [0.5, 0.6) is 5.75 Å². The Bertz CT molecular complexity index is 649. The fourth-order valence-electron chi connectivity index (χ4n) is 2.64. The van der Waals surface area contributed by atoms with Gasteiger partial charge in [-0.05, 0) is 42.5 Å². The number of aromatic nitrogens is 1. The van der Waals surface area contributed by atoms with Crippen LogP contribution in [-0.2, 0) is 12.8 Å². The van der Waals surface area contributed by atoms with Crippen LogP contribution in [0.4, 0.5) is 0 Å². The van der Waals surface area contributed by atoms with Gasteiger partial charge in [0.15, 0.2) is 5.78 Å². The summed E-state index contributed by atoms with van der Waals surface area (Å²) in [5.74, 6) is 0.797. The highest BCUT2D eigenvalue weighted by atomic mass is 16.5. The van der Waals surface area contributed by atoms with E-state index in [1.165, 1.54) is 0 Å². The lowest BCUT2D eigenvalue weighted by Gasteiger charge is -2.20. The number of fused-ring (bicyclic) bond motifs is 1. The molecule has 0 radical (unpaired) electrons. The number of benzene rings is 1. The zero-order valence-corrected chi connectivity index (χ0v) is 11.6. The van der Waals surface area contributed by atoms with Gasteiger partial charge in [0.25, 0.3) is 0 Å². The Morgan fingerprint density at radius 2 is 2.20 bits per heavy atom. The maximum Gasteiger partial charge on any atom is 0.197 e. The minimum absolute atomic E-state index is 0.0306. The quantitative estimate of drug-likeness (QED) is 0.802. The van der Waals surface area contributed by atoms with Gasteiger partial charge >= 0.3 is 0 Å². The average molecular weight is 267 g/mol. The van der Waals surface area contributed by atoms with Gasteiger partial charge in [-0.3, -0.25) is 9.78 Å². The maximum absolute atomic E-state index is 12.8. The first-order chi connectivity index (χ1) is 9.81. The molecule has 0 atom stereocenters. The van der Waals surface area contributed by atoms with E-state index in [1.54, 1.807) is 18.5 Å². The number of carbonyl (C=O) groups excluding carboxylic acids is 1. The largest absolute Gasteiger partial charge is 0.493 e. The SMILES string of the molecule is CCc1cnccc1C(=O)c1cccc2c1OCCC2. The van der Waals surface area contributed by atoms with E-state index in [9.17, 15) is 4.79 Å². The van der Waals surface area contributed by atoms with Crippen molar-refractivity contribution in [3.63, 3.8) is 0 Å². The number of ketones is 1. The molecule has 0 saturated heterocycles. The van der Waals surface area contributed by atoms with E-state index in [0.717, 1.165) is 41.7 Å². The average Bonchev–Trinajstić information content (AvgIpc) is 2.53. The summed E-state index contributed by atoms with van der Waals surface area (Å²) >= 11 is 0. The molecule has 1 aromatic carbocycles. The number of carbonyl (C=O) groups is 1. The molecule has 0 aliphatic carbocycles. The summed E-state index contributed by atoms with van der Waals surface area (Å²) in [7, 11) is 0. The highest BCUT2D eigenvalue weighted by molar-refractivity contribution is 6.11. The van der Waals surface area contributed by atoms with Crippen LogP contribution in [0, 0.1) is 0 Å². The van der Waals surface area contributed by atoms with E-state index in [-0.39, 0.29) is 5.78 Å². The fraction of sp³-hybridized carbons (Fsp3) is 0.294. The molecule has 0 spiro atoms. The number of rotatable bonds is 3. The van der Waals surface area contributed by atoms with Crippen LogP contribution >= 0.6 is 0 Å². The second-order valence-electron chi connectivity index (χ2n) is 4.96. The minimum Gasteiger partial charge on any atom is -0.493 e. The highest BCUT2D eigenvalue weighted by Gasteiger charge is 2.21. The van der Waals surface area contributed by atoms with Crippen molar-refractivity contribution in [2.24, 2.45) is 0 Å². The molecular formula is C17H17NO2. The first kappa shape index (κ1) is 12.9. The summed E-state index contributed by atoms with van der Waals surface area (Å²) in [6.07, 6.45) is 6.23. The number of nitrogens with zero attached hydrogens (tertiary/aromatic N) is 1. The lowest BCUT2D eigenvalue weighted by atomic mass is 9.94. The summed E-state index contributed by atoms with van der Waals surface area (Å²) in [6, 6.07) is 7.63. The van der Waals surface area contributed by atoms with Gasteiger partial charge in [0.05, 0.1) is 12.2 Å². The number of para-hydroxylation sites is 1. The van der Waals surface area contributed by atoms with Gasteiger partial charge in [0.2, 0.25) is 0 Å². The summed E-state index contributed by atoms with van der Waals surface area (Å²) in [5.41, 5.74) is 3.51. The molecule has 20 heavy (non-hydrogen) atoms. The van der Waals surface area contributed by atoms with Crippen LogP contribution in [-0.4, -0.2) is 17.4 Å². The number of aryl methyl sites for hydroxylation is 2. The van der Waals surface area contributed by atoms with Crippen LogP contribution in [0.2, 0.25) is 0 Å². The Morgan fingerprint density at radius 3 is 3.05 bits per heavy atom. The van der Waals surface area contributed by atoms with Gasteiger partial charge in [-0.15, -0.1) is 0 Å². The van der Waals surface area contributed by atoms with E-state index in [0.29, 0.717) is 12.2 Å². The van der Waals surface area contributed by atoms with Crippen molar-refractivity contribution in [1.82, 2.24) is 4.98 Å². The topological polar surface area (TPSA) is 39.2 Å². The molecule has 1 aromatic heterocycles. The van der Waals surface area contributed by atoms with Crippen molar-refractivity contribution in [1.29, 1.82) is 0 Å². The third kappa shape index (κ3) is 2.20. The van der Waals surface area contributed by atoms with Crippen LogP contribution in [0.25, 0.3) is 0 Å². The molecule has 3 nitrogen and oxygen atoms in total. The second-order valence-corrected chi connectivity index (χ2v) is 4.96. The van der Waals surface area contributed by atoms with Crippen LogP contribution in [0.1, 0.15) is 40.4 Å². The number of hydrogen-bond acceptors (Lipinski definition) is 3. The molecule has 0 saturated carbocycles. The van der Waals surface area contributed by atoms with Crippen molar-refractivity contribution in [3.8, 4) is 5.75 Å². The molecular weight excluding hydrogens is 250 g/mol. The van der Waals surface area contributed by atoms with Crippen molar-refractivity contribution >= 4 is 5.78 Å². The molecule has 0 bridgehead atoms. The summed E-state index contributed by atoms with van der Waals surface area (Å²) < 4.78 is 5.73. The Labute approximate surface area is 118 Å². The zero-order valence-electron chi connectivity index (χ0n) is 11.6. The number of hydrogen-bond donors (Lipinski definition) is 0.